The van der Waals surface area contributed by atoms with Crippen LogP contribution in [0.25, 0.3) is 0 Å². The van der Waals surface area contributed by atoms with E-state index in [1.807, 2.05) is 20.8 Å². The molecule has 0 aliphatic heterocycles. The predicted molar refractivity (Wildman–Crippen MR) is 124 cm³/mol. The van der Waals surface area contributed by atoms with E-state index in [0.717, 1.165) is 16.8 Å². The van der Waals surface area contributed by atoms with Crippen molar-refractivity contribution >= 4 is 21.6 Å². The fourth-order valence-electron chi connectivity index (χ4n) is 4.08. The molecular formula is C24H32FN3O3S. The molecule has 6 nitrogen and oxygen atoms in total. The van der Waals surface area contributed by atoms with Crippen LogP contribution in [0.2, 0.25) is 0 Å². The number of anilines is 1. The van der Waals surface area contributed by atoms with E-state index in [1.165, 1.54) is 12.1 Å². The molecule has 3 N–H and O–H groups in total. The smallest absolute Gasteiger partial charge is 0.240 e. The number of hydrogen-bond donors (Lipinski definition) is 3. The summed E-state index contributed by atoms with van der Waals surface area (Å²) in [7, 11) is -3.63. The van der Waals surface area contributed by atoms with E-state index in [2.05, 4.69) is 15.4 Å². The number of amides is 1. The predicted octanol–water partition coefficient (Wildman–Crippen LogP) is 4.28. The first-order valence-corrected chi connectivity index (χ1v) is 12.6. The van der Waals surface area contributed by atoms with Gasteiger partial charge in [-0.2, -0.15) is 0 Å². The van der Waals surface area contributed by atoms with Gasteiger partial charge in [-0.05, 0) is 81.8 Å². The Morgan fingerprint density at radius 2 is 1.75 bits per heavy atom. The Kier molecular flexibility index (Phi) is 7.90. The molecule has 0 bridgehead atoms. The summed E-state index contributed by atoms with van der Waals surface area (Å²) >= 11 is 0. The third kappa shape index (κ3) is 6.07. The number of carbonyl (C=O) groups is 1. The third-order valence-corrected chi connectivity index (χ3v) is 7.55. The summed E-state index contributed by atoms with van der Waals surface area (Å²) in [6.07, 6.45) is 2.44. The van der Waals surface area contributed by atoms with Gasteiger partial charge in [0.15, 0.2) is 0 Å². The number of nitrogens with one attached hydrogen (secondary N) is 3. The van der Waals surface area contributed by atoms with Gasteiger partial charge in [-0.25, -0.2) is 17.5 Å². The van der Waals surface area contributed by atoms with Crippen molar-refractivity contribution in [1.82, 2.24) is 10.0 Å². The van der Waals surface area contributed by atoms with Gasteiger partial charge in [0, 0.05) is 24.2 Å². The number of sulfonamides is 1. The molecule has 174 valence electrons. The van der Waals surface area contributed by atoms with Crippen LogP contribution in [0.4, 0.5) is 10.1 Å². The number of benzene rings is 2. The quantitative estimate of drug-likeness (QED) is 0.548. The highest BCUT2D eigenvalue weighted by molar-refractivity contribution is 7.89. The molecular weight excluding hydrogens is 429 g/mol. The SMILES string of the molecule is CCNc1cc(S(=O)(=O)NC2CCC(C(=O)N[C@H](C)c3ccc(F)cc3)CC2)ccc1C. The lowest BCUT2D eigenvalue weighted by atomic mass is 9.85. The van der Waals surface area contributed by atoms with Gasteiger partial charge in [0.1, 0.15) is 5.82 Å². The van der Waals surface area contributed by atoms with Crippen molar-refractivity contribution in [3.8, 4) is 0 Å². The molecule has 1 amide bonds. The van der Waals surface area contributed by atoms with E-state index >= 15 is 0 Å². The van der Waals surface area contributed by atoms with E-state index in [1.54, 1.807) is 30.3 Å². The van der Waals surface area contributed by atoms with E-state index in [4.69, 9.17) is 0 Å². The molecule has 1 saturated carbocycles. The Labute approximate surface area is 190 Å². The van der Waals surface area contributed by atoms with Crippen LogP contribution in [0.3, 0.4) is 0 Å². The lowest BCUT2D eigenvalue weighted by Gasteiger charge is -2.29. The molecule has 3 rings (SSSR count). The van der Waals surface area contributed by atoms with Gasteiger partial charge in [-0.15, -0.1) is 0 Å². The van der Waals surface area contributed by atoms with Gasteiger partial charge < -0.3 is 10.6 Å². The maximum atomic E-state index is 13.1. The monoisotopic (exact) mass is 461 g/mol. The normalized spacial score (nSPS) is 19.9. The van der Waals surface area contributed by atoms with Crippen molar-refractivity contribution in [2.24, 2.45) is 5.92 Å². The molecule has 0 aromatic heterocycles. The minimum atomic E-state index is -3.63. The number of carbonyl (C=O) groups excluding carboxylic acids is 1. The van der Waals surface area contributed by atoms with Gasteiger partial charge in [0.2, 0.25) is 15.9 Å². The molecule has 0 radical (unpaired) electrons. The zero-order chi connectivity index (χ0) is 23.3. The Bertz CT molecular complexity index is 1030. The minimum Gasteiger partial charge on any atom is -0.385 e. The molecule has 1 aliphatic rings. The van der Waals surface area contributed by atoms with E-state index in [-0.39, 0.29) is 34.6 Å². The van der Waals surface area contributed by atoms with E-state index in [0.29, 0.717) is 32.2 Å². The first-order valence-electron chi connectivity index (χ1n) is 11.1. The highest BCUT2D eigenvalue weighted by Gasteiger charge is 2.30. The van der Waals surface area contributed by atoms with Crippen LogP contribution in [0, 0.1) is 18.7 Å². The van der Waals surface area contributed by atoms with Crippen molar-refractivity contribution in [3.05, 3.63) is 59.4 Å². The number of rotatable bonds is 8. The Morgan fingerprint density at radius 3 is 2.38 bits per heavy atom. The van der Waals surface area contributed by atoms with Crippen molar-refractivity contribution in [2.75, 3.05) is 11.9 Å². The van der Waals surface area contributed by atoms with Crippen LogP contribution in [0.15, 0.2) is 47.4 Å². The third-order valence-electron chi connectivity index (χ3n) is 6.04. The van der Waals surface area contributed by atoms with E-state index in [9.17, 15) is 17.6 Å². The average molecular weight is 462 g/mol. The average Bonchev–Trinajstić information content (AvgIpc) is 2.76. The molecule has 1 fully saturated rings. The second kappa shape index (κ2) is 10.4. The zero-order valence-corrected chi connectivity index (χ0v) is 19.6. The molecule has 0 unspecified atom stereocenters. The van der Waals surface area contributed by atoms with Crippen LogP contribution < -0.4 is 15.4 Å². The lowest BCUT2D eigenvalue weighted by molar-refractivity contribution is -0.126. The summed E-state index contributed by atoms with van der Waals surface area (Å²) in [6.45, 7) is 6.48. The number of hydrogen-bond acceptors (Lipinski definition) is 4. The van der Waals surface area contributed by atoms with Crippen LogP contribution in [0.1, 0.15) is 56.7 Å². The molecule has 0 spiro atoms. The summed E-state index contributed by atoms with van der Waals surface area (Å²) in [5, 5.41) is 6.18. The molecule has 0 saturated heterocycles. The highest BCUT2D eigenvalue weighted by atomic mass is 32.2. The number of halogens is 1. The number of aryl methyl sites for hydroxylation is 1. The van der Waals surface area contributed by atoms with E-state index < -0.39 is 10.0 Å². The van der Waals surface area contributed by atoms with Crippen molar-refractivity contribution in [2.45, 2.75) is 63.4 Å². The van der Waals surface area contributed by atoms with Gasteiger partial charge in [0.25, 0.3) is 0 Å². The first-order chi connectivity index (χ1) is 15.2. The van der Waals surface area contributed by atoms with Gasteiger partial charge in [-0.3, -0.25) is 4.79 Å². The standard InChI is InChI=1S/C24H32FN3O3S/c1-4-26-23-15-22(14-5-16(23)2)32(30,31)28-21-12-8-19(9-13-21)24(29)27-17(3)18-6-10-20(25)11-7-18/h5-7,10-11,14-15,17,19,21,26,28H,4,8-9,12-13H2,1-3H3,(H,27,29)/t17-,19?,21?/m1/s1. The summed E-state index contributed by atoms with van der Waals surface area (Å²) in [6, 6.07) is 10.8. The molecule has 1 aliphatic carbocycles. The minimum absolute atomic E-state index is 0.0445. The lowest BCUT2D eigenvalue weighted by Crippen LogP contribution is -2.41. The van der Waals surface area contributed by atoms with Crippen molar-refractivity contribution < 1.29 is 17.6 Å². The largest absolute Gasteiger partial charge is 0.385 e. The Morgan fingerprint density at radius 1 is 1.09 bits per heavy atom. The van der Waals surface area contributed by atoms with Gasteiger partial charge in [-0.1, -0.05) is 18.2 Å². The summed E-state index contributed by atoms with van der Waals surface area (Å²) in [5.74, 6) is -0.508. The summed E-state index contributed by atoms with van der Waals surface area (Å²) < 4.78 is 41.6. The van der Waals surface area contributed by atoms with Crippen molar-refractivity contribution in [3.63, 3.8) is 0 Å². The fourth-order valence-corrected chi connectivity index (χ4v) is 5.41. The van der Waals surface area contributed by atoms with Crippen LogP contribution in [-0.2, 0) is 14.8 Å². The molecule has 2 aromatic carbocycles. The topological polar surface area (TPSA) is 87.3 Å². The molecule has 2 aromatic rings. The van der Waals surface area contributed by atoms with Crippen LogP contribution >= 0.6 is 0 Å². The van der Waals surface area contributed by atoms with Gasteiger partial charge in [0.05, 0.1) is 10.9 Å². The first kappa shape index (κ1) is 24.2. The van der Waals surface area contributed by atoms with Gasteiger partial charge >= 0.3 is 0 Å². The molecule has 1 atom stereocenters. The highest BCUT2D eigenvalue weighted by Crippen LogP contribution is 2.27. The van der Waals surface area contributed by atoms with Crippen LogP contribution in [0.5, 0.6) is 0 Å². The molecule has 8 heteroatoms. The summed E-state index contributed by atoms with van der Waals surface area (Å²) in [4.78, 5) is 12.9. The second-order valence-corrected chi connectivity index (χ2v) is 10.2. The van der Waals surface area contributed by atoms with Crippen molar-refractivity contribution in [1.29, 1.82) is 0 Å². The maximum absolute atomic E-state index is 13.1. The fraction of sp³-hybridized carbons (Fsp3) is 0.458. The molecule has 0 heterocycles. The van der Waals surface area contributed by atoms with Crippen LogP contribution in [-0.4, -0.2) is 26.9 Å². The second-order valence-electron chi connectivity index (χ2n) is 8.46. The Balaban J connectivity index is 1.54. The summed E-state index contributed by atoms with van der Waals surface area (Å²) in [5.41, 5.74) is 2.65. The zero-order valence-electron chi connectivity index (χ0n) is 18.8. The molecule has 32 heavy (non-hydrogen) atoms. The Hall–Kier alpha value is -2.45. The maximum Gasteiger partial charge on any atom is 0.240 e.